The molecule has 2 atom stereocenters. The van der Waals surface area contributed by atoms with E-state index < -0.39 is 0 Å². The van der Waals surface area contributed by atoms with E-state index in [2.05, 4.69) is 78.3 Å². The van der Waals surface area contributed by atoms with Crippen LogP contribution in [0.3, 0.4) is 0 Å². The van der Waals surface area contributed by atoms with Crippen molar-refractivity contribution >= 4 is 29.3 Å². The Labute approximate surface area is 208 Å². The molecule has 0 radical (unpaired) electrons. The highest BCUT2D eigenvalue weighted by Gasteiger charge is 2.18. The number of hydrogen-bond donors (Lipinski definition) is 1. The maximum atomic E-state index is 12.7. The van der Waals surface area contributed by atoms with E-state index in [-0.39, 0.29) is 24.4 Å². The molecular weight excluding hydrogens is 444 g/mol. The standard InChI is InChI=1S/C29H32N2O2.ClH/c1-4-33-29(32)28-19-26-18-24(17-21(2)30-22(3)25-13-9-6-10-14-25)15-16-27(26)31(28)20-23-11-7-5-8-12-23;/h5-16,18-19,21-22,30H,4,17,20H2,1-3H3;1H/t21-,22-;/m1./s1. The first-order chi connectivity index (χ1) is 16.0. The van der Waals surface area contributed by atoms with Crippen LogP contribution in [-0.4, -0.2) is 23.2 Å². The third kappa shape index (κ3) is 6.07. The van der Waals surface area contributed by atoms with Gasteiger partial charge in [0.2, 0.25) is 0 Å². The van der Waals surface area contributed by atoms with Crippen molar-refractivity contribution in [2.45, 2.75) is 45.8 Å². The fraction of sp³-hybridized carbons (Fsp3) is 0.276. The number of esters is 1. The summed E-state index contributed by atoms with van der Waals surface area (Å²) in [5.41, 5.74) is 5.32. The third-order valence-electron chi connectivity index (χ3n) is 6.01. The molecule has 3 aromatic carbocycles. The van der Waals surface area contributed by atoms with Gasteiger partial charge in [0.1, 0.15) is 5.69 Å². The molecule has 178 valence electrons. The van der Waals surface area contributed by atoms with Gasteiger partial charge in [-0.25, -0.2) is 4.79 Å². The van der Waals surface area contributed by atoms with Gasteiger partial charge < -0.3 is 14.6 Å². The second-order valence-corrected chi connectivity index (χ2v) is 8.62. The van der Waals surface area contributed by atoms with Crippen molar-refractivity contribution in [1.29, 1.82) is 0 Å². The molecule has 4 nitrogen and oxygen atoms in total. The van der Waals surface area contributed by atoms with Crippen LogP contribution in [0.15, 0.2) is 84.9 Å². The lowest BCUT2D eigenvalue weighted by Crippen LogP contribution is -2.30. The van der Waals surface area contributed by atoms with Crippen molar-refractivity contribution in [3.05, 3.63) is 107 Å². The number of rotatable bonds is 9. The molecule has 1 aromatic heterocycles. The molecule has 1 N–H and O–H groups in total. The van der Waals surface area contributed by atoms with E-state index in [0.29, 0.717) is 24.9 Å². The zero-order chi connectivity index (χ0) is 23.2. The molecule has 34 heavy (non-hydrogen) atoms. The van der Waals surface area contributed by atoms with Gasteiger partial charge in [-0.2, -0.15) is 0 Å². The van der Waals surface area contributed by atoms with Crippen LogP contribution < -0.4 is 5.32 Å². The van der Waals surface area contributed by atoms with Crippen LogP contribution in [0.1, 0.15) is 54.0 Å². The summed E-state index contributed by atoms with van der Waals surface area (Å²) >= 11 is 0. The van der Waals surface area contributed by atoms with E-state index in [9.17, 15) is 4.79 Å². The van der Waals surface area contributed by atoms with Crippen LogP contribution in [0, 0.1) is 0 Å². The molecule has 0 unspecified atom stereocenters. The summed E-state index contributed by atoms with van der Waals surface area (Å²) in [6.07, 6.45) is 0.908. The molecule has 0 saturated carbocycles. The molecule has 0 aliphatic rings. The molecular formula is C29H33ClN2O2. The predicted molar refractivity (Wildman–Crippen MR) is 142 cm³/mol. The van der Waals surface area contributed by atoms with E-state index in [1.807, 2.05) is 37.3 Å². The number of hydrogen-bond acceptors (Lipinski definition) is 3. The molecule has 0 amide bonds. The Balaban J connectivity index is 0.00000324. The summed E-state index contributed by atoms with van der Waals surface area (Å²) < 4.78 is 7.41. The average Bonchev–Trinajstić information content (AvgIpc) is 3.18. The summed E-state index contributed by atoms with van der Waals surface area (Å²) in [5, 5.41) is 4.76. The van der Waals surface area contributed by atoms with E-state index in [4.69, 9.17) is 4.74 Å². The highest BCUT2D eigenvalue weighted by atomic mass is 35.5. The minimum Gasteiger partial charge on any atom is -0.461 e. The molecule has 5 heteroatoms. The molecule has 0 spiro atoms. The van der Waals surface area contributed by atoms with Gasteiger partial charge in [-0.1, -0.05) is 66.7 Å². The summed E-state index contributed by atoms with van der Waals surface area (Å²) in [6.45, 7) is 7.24. The topological polar surface area (TPSA) is 43.3 Å². The number of benzene rings is 3. The Morgan fingerprint density at radius 1 is 0.912 bits per heavy atom. The maximum Gasteiger partial charge on any atom is 0.354 e. The summed E-state index contributed by atoms with van der Waals surface area (Å²) in [4.78, 5) is 12.7. The SMILES string of the molecule is CCOC(=O)c1cc2cc(C[C@@H](C)N[C@H](C)c3ccccc3)ccc2n1Cc1ccccc1.Cl. The molecule has 0 bridgehead atoms. The van der Waals surface area contributed by atoms with Gasteiger partial charge in [0.05, 0.1) is 6.61 Å². The highest BCUT2D eigenvalue weighted by molar-refractivity contribution is 5.96. The number of carbonyl (C=O) groups excluding carboxylic acids is 1. The first kappa shape index (κ1) is 25.5. The van der Waals surface area contributed by atoms with Gasteiger partial charge in [-0.05, 0) is 62.1 Å². The lowest BCUT2D eigenvalue weighted by Gasteiger charge is -2.20. The fourth-order valence-electron chi connectivity index (χ4n) is 4.44. The van der Waals surface area contributed by atoms with Crippen LogP contribution in [-0.2, 0) is 17.7 Å². The number of nitrogens with one attached hydrogen (secondary N) is 1. The smallest absolute Gasteiger partial charge is 0.354 e. The number of aromatic nitrogens is 1. The largest absolute Gasteiger partial charge is 0.461 e. The first-order valence-corrected chi connectivity index (χ1v) is 11.7. The quantitative estimate of drug-likeness (QED) is 0.278. The number of ether oxygens (including phenoxy) is 1. The van der Waals surface area contributed by atoms with Crippen LogP contribution in [0.2, 0.25) is 0 Å². The zero-order valence-corrected chi connectivity index (χ0v) is 20.8. The fourth-order valence-corrected chi connectivity index (χ4v) is 4.44. The Morgan fingerprint density at radius 3 is 2.26 bits per heavy atom. The van der Waals surface area contributed by atoms with Crippen molar-refractivity contribution in [1.82, 2.24) is 9.88 Å². The van der Waals surface area contributed by atoms with E-state index in [1.165, 1.54) is 11.1 Å². The van der Waals surface area contributed by atoms with Crippen LogP contribution >= 0.6 is 12.4 Å². The molecule has 0 aliphatic carbocycles. The number of halogens is 1. The van der Waals surface area contributed by atoms with Crippen LogP contribution in [0.4, 0.5) is 0 Å². The van der Waals surface area contributed by atoms with Crippen molar-refractivity contribution < 1.29 is 9.53 Å². The van der Waals surface area contributed by atoms with Crippen LogP contribution in [0.5, 0.6) is 0 Å². The third-order valence-corrected chi connectivity index (χ3v) is 6.01. The highest BCUT2D eigenvalue weighted by Crippen LogP contribution is 2.25. The average molecular weight is 477 g/mol. The summed E-state index contributed by atoms with van der Waals surface area (Å²) in [6, 6.07) is 29.8. The molecule has 0 fully saturated rings. The number of nitrogens with zero attached hydrogens (tertiary/aromatic N) is 1. The molecule has 0 aliphatic heterocycles. The van der Waals surface area contributed by atoms with Gasteiger partial charge in [-0.3, -0.25) is 0 Å². The lowest BCUT2D eigenvalue weighted by molar-refractivity contribution is 0.0515. The predicted octanol–water partition coefficient (Wildman–Crippen LogP) is 6.57. The van der Waals surface area contributed by atoms with Crippen molar-refractivity contribution in [3.8, 4) is 0 Å². The van der Waals surface area contributed by atoms with Crippen molar-refractivity contribution in [2.75, 3.05) is 6.61 Å². The summed E-state index contributed by atoms with van der Waals surface area (Å²) in [5.74, 6) is -0.280. The van der Waals surface area contributed by atoms with Gasteiger partial charge in [-0.15, -0.1) is 12.4 Å². The minimum absolute atomic E-state index is 0. The van der Waals surface area contributed by atoms with E-state index >= 15 is 0 Å². The molecule has 0 saturated heterocycles. The Kier molecular flexibility index (Phi) is 8.91. The summed E-state index contributed by atoms with van der Waals surface area (Å²) in [7, 11) is 0. The van der Waals surface area contributed by atoms with Gasteiger partial charge in [0.15, 0.2) is 0 Å². The van der Waals surface area contributed by atoms with Crippen molar-refractivity contribution in [3.63, 3.8) is 0 Å². The van der Waals surface area contributed by atoms with Crippen molar-refractivity contribution in [2.24, 2.45) is 0 Å². The molecule has 4 aromatic rings. The normalized spacial score (nSPS) is 12.7. The number of fused-ring (bicyclic) bond motifs is 1. The van der Waals surface area contributed by atoms with Gasteiger partial charge in [0.25, 0.3) is 0 Å². The van der Waals surface area contributed by atoms with E-state index in [1.54, 1.807) is 0 Å². The Bertz CT molecular complexity index is 1210. The monoisotopic (exact) mass is 476 g/mol. The van der Waals surface area contributed by atoms with Crippen LogP contribution in [0.25, 0.3) is 10.9 Å². The zero-order valence-electron chi connectivity index (χ0n) is 20.0. The van der Waals surface area contributed by atoms with E-state index in [0.717, 1.165) is 22.9 Å². The second kappa shape index (κ2) is 11.9. The lowest BCUT2D eigenvalue weighted by atomic mass is 10.0. The first-order valence-electron chi connectivity index (χ1n) is 11.7. The Morgan fingerprint density at radius 2 is 1.59 bits per heavy atom. The van der Waals surface area contributed by atoms with Gasteiger partial charge >= 0.3 is 5.97 Å². The van der Waals surface area contributed by atoms with Gasteiger partial charge in [0, 0.05) is 29.5 Å². The molecule has 1 heterocycles. The number of carbonyl (C=O) groups is 1. The molecule has 4 rings (SSSR count). The minimum atomic E-state index is -0.280. The Hall–Kier alpha value is -3.08. The maximum absolute atomic E-state index is 12.7. The second-order valence-electron chi connectivity index (χ2n) is 8.62.